The lowest BCUT2D eigenvalue weighted by atomic mass is 10.1. The number of nitrogens with zero attached hydrogens (tertiary/aromatic N) is 3. The zero-order valence-corrected chi connectivity index (χ0v) is 14.7. The standard InChI is InChI=1S/C20H19N3O3/c1-13-3-5-15(6-4-13)23-11-14(9-19(23)24)20(25)26-16-7-8-18-17(10-16)21-12-22(18)2/h3-8,10,12,14H,9,11H2,1-2H3. The summed E-state index contributed by atoms with van der Waals surface area (Å²) in [4.78, 5) is 30.7. The number of esters is 1. The van der Waals surface area contributed by atoms with Crippen LogP contribution >= 0.6 is 0 Å². The molecule has 1 amide bonds. The molecule has 1 aromatic heterocycles. The van der Waals surface area contributed by atoms with Gasteiger partial charge in [-0.25, -0.2) is 4.98 Å². The molecule has 6 heteroatoms. The van der Waals surface area contributed by atoms with Gasteiger partial charge >= 0.3 is 5.97 Å². The second-order valence-corrected chi connectivity index (χ2v) is 6.67. The van der Waals surface area contributed by atoms with Crippen molar-refractivity contribution in [2.75, 3.05) is 11.4 Å². The maximum Gasteiger partial charge on any atom is 0.316 e. The van der Waals surface area contributed by atoms with Crippen LogP contribution in [0.3, 0.4) is 0 Å². The van der Waals surface area contributed by atoms with Gasteiger partial charge in [-0.3, -0.25) is 9.59 Å². The minimum Gasteiger partial charge on any atom is -0.426 e. The largest absolute Gasteiger partial charge is 0.426 e. The van der Waals surface area contributed by atoms with E-state index in [4.69, 9.17) is 4.74 Å². The van der Waals surface area contributed by atoms with Gasteiger partial charge in [0.2, 0.25) is 5.91 Å². The second kappa shape index (κ2) is 6.29. The maximum absolute atomic E-state index is 12.5. The lowest BCUT2D eigenvalue weighted by molar-refractivity contribution is -0.139. The van der Waals surface area contributed by atoms with E-state index in [9.17, 15) is 9.59 Å². The Balaban J connectivity index is 1.47. The number of ether oxygens (including phenoxy) is 1. The SMILES string of the molecule is Cc1ccc(N2CC(C(=O)Oc3ccc4c(c3)ncn4C)CC2=O)cc1. The van der Waals surface area contributed by atoms with Crippen molar-refractivity contribution in [3.05, 3.63) is 54.4 Å². The first-order valence-electron chi connectivity index (χ1n) is 8.51. The quantitative estimate of drug-likeness (QED) is 0.539. The van der Waals surface area contributed by atoms with E-state index in [0.717, 1.165) is 22.3 Å². The normalized spacial score (nSPS) is 17.1. The molecule has 4 rings (SSSR count). The van der Waals surface area contributed by atoms with Crippen LogP contribution in [0.15, 0.2) is 48.8 Å². The molecule has 1 atom stereocenters. The Hall–Kier alpha value is -3.15. The number of imidazole rings is 1. The van der Waals surface area contributed by atoms with Gasteiger partial charge < -0.3 is 14.2 Å². The number of rotatable bonds is 3. The number of fused-ring (bicyclic) bond motifs is 1. The van der Waals surface area contributed by atoms with Crippen molar-refractivity contribution in [3.63, 3.8) is 0 Å². The topological polar surface area (TPSA) is 64.4 Å². The molecule has 0 radical (unpaired) electrons. The summed E-state index contributed by atoms with van der Waals surface area (Å²) in [6.07, 6.45) is 1.88. The summed E-state index contributed by atoms with van der Waals surface area (Å²) in [6.45, 7) is 2.33. The van der Waals surface area contributed by atoms with Crippen molar-refractivity contribution in [2.24, 2.45) is 13.0 Å². The Morgan fingerprint density at radius 3 is 2.73 bits per heavy atom. The first-order chi connectivity index (χ1) is 12.5. The zero-order chi connectivity index (χ0) is 18.3. The van der Waals surface area contributed by atoms with E-state index < -0.39 is 5.92 Å². The molecule has 132 valence electrons. The van der Waals surface area contributed by atoms with Gasteiger partial charge in [-0.15, -0.1) is 0 Å². The molecule has 3 aromatic rings. The average molecular weight is 349 g/mol. The number of carbonyl (C=O) groups excluding carboxylic acids is 2. The fraction of sp³-hybridized carbons (Fsp3) is 0.250. The first-order valence-corrected chi connectivity index (χ1v) is 8.51. The van der Waals surface area contributed by atoms with Gasteiger partial charge in [0.25, 0.3) is 0 Å². The van der Waals surface area contributed by atoms with Gasteiger partial charge in [0.1, 0.15) is 5.75 Å². The number of carbonyl (C=O) groups is 2. The third-order valence-electron chi connectivity index (χ3n) is 4.72. The lowest BCUT2D eigenvalue weighted by Gasteiger charge is -2.16. The van der Waals surface area contributed by atoms with Crippen LogP contribution in [0, 0.1) is 12.8 Å². The fourth-order valence-electron chi connectivity index (χ4n) is 3.22. The van der Waals surface area contributed by atoms with Crippen LogP contribution in [0.2, 0.25) is 0 Å². The fourth-order valence-corrected chi connectivity index (χ4v) is 3.22. The van der Waals surface area contributed by atoms with E-state index in [0.29, 0.717) is 12.3 Å². The molecule has 26 heavy (non-hydrogen) atoms. The molecule has 1 fully saturated rings. The van der Waals surface area contributed by atoms with Gasteiger partial charge in [-0.1, -0.05) is 17.7 Å². The van der Waals surface area contributed by atoms with Crippen LogP contribution < -0.4 is 9.64 Å². The van der Waals surface area contributed by atoms with Crippen LogP contribution in [0.1, 0.15) is 12.0 Å². The molecule has 0 N–H and O–H groups in total. The number of anilines is 1. The number of aryl methyl sites for hydroxylation is 2. The first kappa shape index (κ1) is 16.3. The molecular formula is C20H19N3O3. The van der Waals surface area contributed by atoms with E-state index in [-0.39, 0.29) is 18.3 Å². The third-order valence-corrected chi connectivity index (χ3v) is 4.72. The number of benzene rings is 2. The summed E-state index contributed by atoms with van der Waals surface area (Å²) in [5, 5.41) is 0. The van der Waals surface area contributed by atoms with Crippen LogP contribution in [0.5, 0.6) is 5.75 Å². The molecule has 0 saturated carbocycles. The summed E-state index contributed by atoms with van der Waals surface area (Å²) in [6, 6.07) is 13.1. The molecule has 1 aliphatic rings. The van der Waals surface area contributed by atoms with E-state index in [1.165, 1.54) is 0 Å². The number of hydrogen-bond acceptors (Lipinski definition) is 4. The van der Waals surface area contributed by atoms with Crippen molar-refractivity contribution in [3.8, 4) is 5.75 Å². The van der Waals surface area contributed by atoms with Crippen molar-refractivity contribution >= 4 is 28.6 Å². The summed E-state index contributed by atoms with van der Waals surface area (Å²) < 4.78 is 7.40. The third kappa shape index (κ3) is 2.94. The van der Waals surface area contributed by atoms with Crippen LogP contribution in [0.25, 0.3) is 11.0 Å². The highest BCUT2D eigenvalue weighted by Gasteiger charge is 2.36. The van der Waals surface area contributed by atoms with Gasteiger partial charge in [0.05, 0.1) is 23.3 Å². The van der Waals surface area contributed by atoms with Crippen LogP contribution in [-0.2, 0) is 16.6 Å². The molecule has 0 aliphatic carbocycles. The van der Waals surface area contributed by atoms with E-state index in [1.807, 2.05) is 48.9 Å². The summed E-state index contributed by atoms with van der Waals surface area (Å²) >= 11 is 0. The van der Waals surface area contributed by atoms with Gasteiger partial charge in [0, 0.05) is 31.8 Å². The molecular weight excluding hydrogens is 330 g/mol. The molecule has 0 spiro atoms. The van der Waals surface area contributed by atoms with Gasteiger partial charge in [-0.05, 0) is 31.2 Å². The zero-order valence-electron chi connectivity index (χ0n) is 14.7. The molecule has 2 heterocycles. The van der Waals surface area contributed by atoms with Gasteiger partial charge in [0.15, 0.2) is 0 Å². The van der Waals surface area contributed by atoms with E-state index in [1.54, 1.807) is 23.4 Å². The average Bonchev–Trinajstić information content (AvgIpc) is 3.19. The Bertz CT molecular complexity index is 991. The van der Waals surface area contributed by atoms with Gasteiger partial charge in [-0.2, -0.15) is 0 Å². The van der Waals surface area contributed by atoms with Crippen molar-refractivity contribution in [2.45, 2.75) is 13.3 Å². The molecule has 1 unspecified atom stereocenters. The minimum absolute atomic E-state index is 0.0593. The summed E-state index contributed by atoms with van der Waals surface area (Å²) in [7, 11) is 1.91. The van der Waals surface area contributed by atoms with Crippen molar-refractivity contribution in [1.29, 1.82) is 0 Å². The second-order valence-electron chi connectivity index (χ2n) is 6.67. The van der Waals surface area contributed by atoms with E-state index in [2.05, 4.69) is 4.98 Å². The molecule has 1 aliphatic heterocycles. The highest BCUT2D eigenvalue weighted by Crippen LogP contribution is 2.27. The van der Waals surface area contributed by atoms with Crippen molar-refractivity contribution in [1.82, 2.24) is 9.55 Å². The van der Waals surface area contributed by atoms with Crippen molar-refractivity contribution < 1.29 is 14.3 Å². The smallest absolute Gasteiger partial charge is 0.316 e. The number of aromatic nitrogens is 2. The highest BCUT2D eigenvalue weighted by molar-refractivity contribution is 5.99. The molecule has 6 nitrogen and oxygen atoms in total. The summed E-state index contributed by atoms with van der Waals surface area (Å²) in [5.74, 6) is -0.468. The molecule has 0 bridgehead atoms. The van der Waals surface area contributed by atoms with E-state index >= 15 is 0 Å². The Kier molecular flexibility index (Phi) is 3.95. The Morgan fingerprint density at radius 2 is 1.96 bits per heavy atom. The highest BCUT2D eigenvalue weighted by atomic mass is 16.5. The predicted octanol–water partition coefficient (Wildman–Crippen LogP) is 2.84. The predicted molar refractivity (Wildman–Crippen MR) is 98.0 cm³/mol. The molecule has 2 aromatic carbocycles. The lowest BCUT2D eigenvalue weighted by Crippen LogP contribution is -2.27. The summed E-state index contributed by atoms with van der Waals surface area (Å²) in [5.41, 5.74) is 3.67. The maximum atomic E-state index is 12.5. The number of hydrogen-bond donors (Lipinski definition) is 0. The molecule has 1 saturated heterocycles. The monoisotopic (exact) mass is 349 g/mol. The number of amides is 1. The van der Waals surface area contributed by atoms with Crippen LogP contribution in [0.4, 0.5) is 5.69 Å². The van der Waals surface area contributed by atoms with Crippen LogP contribution in [-0.4, -0.2) is 28.0 Å². The Labute approximate surface area is 151 Å². The Morgan fingerprint density at radius 1 is 1.19 bits per heavy atom. The minimum atomic E-state index is -0.469.